The highest BCUT2D eigenvalue weighted by atomic mass is 16.4. The molecule has 1 N–H and O–H groups in total. The van der Waals surface area contributed by atoms with Gasteiger partial charge >= 0.3 is 5.97 Å². The SMILES string of the molecule is C/C(=N/CC(=O)O)N(C)C. The van der Waals surface area contributed by atoms with Gasteiger partial charge in [0.15, 0.2) is 0 Å². The van der Waals surface area contributed by atoms with Gasteiger partial charge in [-0.2, -0.15) is 0 Å². The Hall–Kier alpha value is -1.06. The largest absolute Gasteiger partial charge is 0.480 e. The number of carbonyl (C=O) groups is 1. The van der Waals surface area contributed by atoms with Gasteiger partial charge in [0.25, 0.3) is 0 Å². The van der Waals surface area contributed by atoms with Gasteiger partial charge in [0.2, 0.25) is 0 Å². The van der Waals surface area contributed by atoms with Crippen molar-refractivity contribution in [2.45, 2.75) is 6.92 Å². The zero-order valence-corrected chi connectivity index (χ0v) is 6.46. The molecule has 0 radical (unpaired) electrons. The Labute approximate surface area is 60.2 Å². The van der Waals surface area contributed by atoms with Gasteiger partial charge in [-0.15, -0.1) is 0 Å². The van der Waals surface area contributed by atoms with E-state index in [9.17, 15) is 4.79 Å². The van der Waals surface area contributed by atoms with Crippen molar-refractivity contribution in [1.29, 1.82) is 0 Å². The molecule has 0 aliphatic heterocycles. The third-order valence-corrected chi connectivity index (χ3v) is 1.09. The summed E-state index contributed by atoms with van der Waals surface area (Å²) in [5.74, 6) is -0.177. The number of rotatable bonds is 2. The summed E-state index contributed by atoms with van der Waals surface area (Å²) in [4.78, 5) is 15.5. The van der Waals surface area contributed by atoms with Gasteiger partial charge in [-0.1, -0.05) is 0 Å². The molecule has 0 aliphatic carbocycles. The van der Waals surface area contributed by atoms with Crippen LogP contribution in [-0.4, -0.2) is 42.5 Å². The maximum absolute atomic E-state index is 10.0. The Bertz CT molecular complexity index is 152. The van der Waals surface area contributed by atoms with E-state index in [0.29, 0.717) is 0 Å². The van der Waals surface area contributed by atoms with E-state index in [4.69, 9.17) is 5.11 Å². The molecular weight excluding hydrogens is 132 g/mol. The Morgan fingerprint density at radius 1 is 1.60 bits per heavy atom. The molecule has 0 aliphatic rings. The van der Waals surface area contributed by atoms with Crippen LogP contribution < -0.4 is 0 Å². The third kappa shape index (κ3) is 3.88. The molecule has 4 nitrogen and oxygen atoms in total. The highest BCUT2D eigenvalue weighted by Gasteiger charge is 1.95. The summed E-state index contributed by atoms with van der Waals surface area (Å²) in [5, 5.41) is 8.22. The zero-order chi connectivity index (χ0) is 8.15. The summed E-state index contributed by atoms with van der Waals surface area (Å²) >= 11 is 0. The first kappa shape index (κ1) is 8.94. The van der Waals surface area contributed by atoms with E-state index in [1.807, 2.05) is 14.1 Å². The number of nitrogens with zero attached hydrogens (tertiary/aromatic N) is 2. The van der Waals surface area contributed by atoms with Gasteiger partial charge in [0, 0.05) is 14.1 Å². The van der Waals surface area contributed by atoms with E-state index in [0.717, 1.165) is 5.84 Å². The fourth-order valence-corrected chi connectivity index (χ4v) is 0.323. The smallest absolute Gasteiger partial charge is 0.325 e. The summed E-state index contributed by atoms with van der Waals surface area (Å²) < 4.78 is 0. The number of carboxylic acid groups (broad SMARTS) is 1. The van der Waals surface area contributed by atoms with Crippen LogP contribution in [0.4, 0.5) is 0 Å². The van der Waals surface area contributed by atoms with Crippen molar-refractivity contribution >= 4 is 11.8 Å². The zero-order valence-electron chi connectivity index (χ0n) is 6.46. The van der Waals surface area contributed by atoms with E-state index in [2.05, 4.69) is 4.99 Å². The standard InChI is InChI=1S/C6H12N2O2/c1-5(8(2)3)7-4-6(9)10/h4H2,1-3H3,(H,9,10)/b7-5-. The first-order valence-corrected chi connectivity index (χ1v) is 2.94. The Morgan fingerprint density at radius 2 is 2.10 bits per heavy atom. The number of amidine groups is 1. The van der Waals surface area contributed by atoms with E-state index in [1.54, 1.807) is 11.8 Å². The minimum Gasteiger partial charge on any atom is -0.480 e. The molecular formula is C6H12N2O2. The van der Waals surface area contributed by atoms with Crippen molar-refractivity contribution < 1.29 is 9.90 Å². The molecule has 0 aromatic carbocycles. The Morgan fingerprint density at radius 3 is 2.40 bits per heavy atom. The highest BCUT2D eigenvalue weighted by Crippen LogP contribution is 1.81. The summed E-state index contributed by atoms with van der Waals surface area (Å²) in [7, 11) is 3.64. The number of aliphatic carboxylic acids is 1. The molecule has 0 rings (SSSR count). The summed E-state index contributed by atoms with van der Waals surface area (Å²) in [6.45, 7) is 1.62. The van der Waals surface area contributed by atoms with Gasteiger partial charge in [-0.25, -0.2) is 0 Å². The molecule has 0 saturated heterocycles. The fraction of sp³-hybridized carbons (Fsp3) is 0.667. The van der Waals surface area contributed by atoms with Crippen molar-refractivity contribution in [1.82, 2.24) is 4.90 Å². The van der Waals surface area contributed by atoms with Crippen molar-refractivity contribution in [3.05, 3.63) is 0 Å². The lowest BCUT2D eigenvalue weighted by molar-refractivity contribution is -0.135. The monoisotopic (exact) mass is 144 g/mol. The lowest BCUT2D eigenvalue weighted by Gasteiger charge is -2.09. The number of hydrogen-bond donors (Lipinski definition) is 1. The predicted molar refractivity (Wildman–Crippen MR) is 39.3 cm³/mol. The molecule has 4 heteroatoms. The average molecular weight is 144 g/mol. The molecule has 10 heavy (non-hydrogen) atoms. The molecule has 0 amide bonds. The van der Waals surface area contributed by atoms with Crippen molar-refractivity contribution in [3.8, 4) is 0 Å². The lowest BCUT2D eigenvalue weighted by Crippen LogP contribution is -2.19. The van der Waals surface area contributed by atoms with Crippen LogP contribution in [0.15, 0.2) is 4.99 Å². The molecule has 0 aromatic heterocycles. The van der Waals surface area contributed by atoms with Crippen molar-refractivity contribution in [2.24, 2.45) is 4.99 Å². The topological polar surface area (TPSA) is 52.9 Å². The molecule has 0 unspecified atom stereocenters. The van der Waals surface area contributed by atoms with E-state index in [-0.39, 0.29) is 6.54 Å². The van der Waals surface area contributed by atoms with Crippen LogP contribution in [-0.2, 0) is 4.79 Å². The quantitative estimate of drug-likeness (QED) is 0.440. The molecule has 0 aromatic rings. The van der Waals surface area contributed by atoms with Crippen LogP contribution in [0.3, 0.4) is 0 Å². The lowest BCUT2D eigenvalue weighted by atomic mass is 10.6. The number of hydrogen-bond acceptors (Lipinski definition) is 2. The minimum atomic E-state index is -0.902. The summed E-state index contributed by atoms with van der Waals surface area (Å²) in [6.07, 6.45) is 0. The highest BCUT2D eigenvalue weighted by molar-refractivity contribution is 5.81. The third-order valence-electron chi connectivity index (χ3n) is 1.09. The van der Waals surface area contributed by atoms with Crippen LogP contribution in [0.1, 0.15) is 6.92 Å². The van der Waals surface area contributed by atoms with E-state index < -0.39 is 5.97 Å². The molecule has 58 valence electrons. The second-order valence-corrected chi connectivity index (χ2v) is 2.15. The first-order chi connectivity index (χ1) is 4.54. The summed E-state index contributed by atoms with van der Waals surface area (Å²) in [6, 6.07) is 0. The van der Waals surface area contributed by atoms with Crippen LogP contribution in [0.25, 0.3) is 0 Å². The van der Waals surface area contributed by atoms with Gasteiger partial charge in [-0.3, -0.25) is 9.79 Å². The van der Waals surface area contributed by atoms with Gasteiger partial charge < -0.3 is 10.0 Å². The predicted octanol–water partition coefficient (Wildman–Crippen LogP) is 0.0510. The van der Waals surface area contributed by atoms with Crippen LogP contribution >= 0.6 is 0 Å². The van der Waals surface area contributed by atoms with Crippen LogP contribution in [0, 0.1) is 0 Å². The maximum atomic E-state index is 10.0. The first-order valence-electron chi connectivity index (χ1n) is 2.94. The second kappa shape index (κ2) is 3.87. The average Bonchev–Trinajstić information content (AvgIpc) is 1.82. The molecule has 0 atom stereocenters. The molecule has 0 saturated carbocycles. The van der Waals surface area contributed by atoms with Gasteiger partial charge in [0.05, 0.1) is 5.84 Å². The normalized spacial score (nSPS) is 11.3. The van der Waals surface area contributed by atoms with E-state index >= 15 is 0 Å². The number of aliphatic imine (C=N–C) groups is 1. The second-order valence-electron chi connectivity index (χ2n) is 2.15. The Kier molecular flexibility index (Phi) is 3.46. The van der Waals surface area contributed by atoms with Crippen LogP contribution in [0.2, 0.25) is 0 Å². The van der Waals surface area contributed by atoms with E-state index in [1.165, 1.54) is 0 Å². The van der Waals surface area contributed by atoms with Crippen molar-refractivity contribution in [2.75, 3.05) is 20.6 Å². The fourth-order valence-electron chi connectivity index (χ4n) is 0.323. The molecule has 0 heterocycles. The van der Waals surface area contributed by atoms with Crippen LogP contribution in [0.5, 0.6) is 0 Å². The molecule has 0 bridgehead atoms. The maximum Gasteiger partial charge on any atom is 0.325 e. The van der Waals surface area contributed by atoms with Gasteiger partial charge in [-0.05, 0) is 6.92 Å². The summed E-state index contributed by atoms with van der Waals surface area (Å²) in [5.41, 5.74) is 0. The van der Waals surface area contributed by atoms with Gasteiger partial charge in [0.1, 0.15) is 6.54 Å². The van der Waals surface area contributed by atoms with Crippen molar-refractivity contribution in [3.63, 3.8) is 0 Å². The Balaban J connectivity index is 3.80. The number of carboxylic acids is 1. The molecule has 0 fully saturated rings. The molecule has 0 spiro atoms. The minimum absolute atomic E-state index is 0.149.